The summed E-state index contributed by atoms with van der Waals surface area (Å²) in [5.74, 6) is 1.32. The molecule has 102 valence electrons. The summed E-state index contributed by atoms with van der Waals surface area (Å²) in [4.78, 5) is 16.2. The Labute approximate surface area is 113 Å². The van der Waals surface area contributed by atoms with Gasteiger partial charge in [-0.1, -0.05) is 12.1 Å². The monoisotopic (exact) mass is 260 g/mol. The van der Waals surface area contributed by atoms with E-state index in [1.54, 1.807) is 7.11 Å². The minimum absolute atomic E-state index is 0.391. The molecule has 1 aromatic rings. The molecule has 2 aliphatic heterocycles. The molecule has 2 aliphatic rings. The molecule has 2 heterocycles. The molecule has 3 rings (SSSR count). The van der Waals surface area contributed by atoms with Crippen molar-refractivity contribution in [2.45, 2.75) is 18.9 Å². The second-order valence-electron chi connectivity index (χ2n) is 5.32. The summed E-state index contributed by atoms with van der Waals surface area (Å²) in [7, 11) is 1.72. The van der Waals surface area contributed by atoms with Crippen LogP contribution in [0.3, 0.4) is 0 Å². The molecule has 0 aliphatic carbocycles. The minimum atomic E-state index is 0.391. The predicted octanol–water partition coefficient (Wildman–Crippen LogP) is 1.55. The first kappa shape index (κ1) is 12.5. The number of benzene rings is 1. The Hall–Kier alpha value is -1.55. The Morgan fingerprint density at radius 2 is 2.11 bits per heavy atom. The summed E-state index contributed by atoms with van der Waals surface area (Å²) in [6.45, 7) is 3.57. The Morgan fingerprint density at radius 1 is 1.26 bits per heavy atom. The zero-order valence-electron chi connectivity index (χ0n) is 11.3. The second kappa shape index (κ2) is 5.21. The molecular formula is C15H20N2O2. The number of Topliss-reactive ketones (excluding diaryl/α,β-unsaturated/α-hetero) is 1. The molecule has 1 atom stereocenters. The van der Waals surface area contributed by atoms with Crippen LogP contribution in [0.2, 0.25) is 0 Å². The molecular weight excluding hydrogens is 240 g/mol. The standard InChI is InChI=1S/C15H20N2O2/c1-19-15-5-3-2-4-14(15)17-9-8-16-11-13(18)7-6-12(16)10-17/h2-5,12H,6-11H2,1H3. The van der Waals surface area contributed by atoms with Gasteiger partial charge in [-0.2, -0.15) is 0 Å². The fourth-order valence-electron chi connectivity index (χ4n) is 3.12. The van der Waals surface area contributed by atoms with Crippen molar-refractivity contribution in [3.63, 3.8) is 0 Å². The van der Waals surface area contributed by atoms with E-state index in [1.807, 2.05) is 12.1 Å². The summed E-state index contributed by atoms with van der Waals surface area (Å²) >= 11 is 0. The molecule has 0 spiro atoms. The van der Waals surface area contributed by atoms with Crippen LogP contribution in [0, 0.1) is 0 Å². The van der Waals surface area contributed by atoms with Gasteiger partial charge in [0.25, 0.3) is 0 Å². The normalized spacial score (nSPS) is 24.2. The molecule has 4 heteroatoms. The highest BCUT2D eigenvalue weighted by Gasteiger charge is 2.32. The molecule has 19 heavy (non-hydrogen) atoms. The molecule has 0 amide bonds. The van der Waals surface area contributed by atoms with Crippen molar-refractivity contribution in [1.82, 2.24) is 4.90 Å². The maximum Gasteiger partial charge on any atom is 0.146 e. The van der Waals surface area contributed by atoms with Crippen LogP contribution in [0.25, 0.3) is 0 Å². The third-order valence-corrected chi connectivity index (χ3v) is 4.17. The van der Waals surface area contributed by atoms with Crippen LogP contribution >= 0.6 is 0 Å². The van der Waals surface area contributed by atoms with E-state index in [9.17, 15) is 4.79 Å². The minimum Gasteiger partial charge on any atom is -0.495 e. The lowest BCUT2D eigenvalue weighted by molar-refractivity contribution is -0.123. The van der Waals surface area contributed by atoms with Crippen molar-refractivity contribution in [3.05, 3.63) is 24.3 Å². The summed E-state index contributed by atoms with van der Waals surface area (Å²) in [5, 5.41) is 0. The lowest BCUT2D eigenvalue weighted by atomic mass is 9.98. The van der Waals surface area contributed by atoms with Crippen LogP contribution in [0.5, 0.6) is 5.75 Å². The number of anilines is 1. The molecule has 4 nitrogen and oxygen atoms in total. The maximum atomic E-state index is 11.5. The average molecular weight is 260 g/mol. The number of piperazine rings is 1. The van der Waals surface area contributed by atoms with Gasteiger partial charge in [-0.25, -0.2) is 0 Å². The number of para-hydroxylation sites is 2. The van der Waals surface area contributed by atoms with Gasteiger partial charge in [0.05, 0.1) is 19.3 Å². The van der Waals surface area contributed by atoms with Crippen LogP contribution in [0.1, 0.15) is 12.8 Å². The van der Waals surface area contributed by atoms with Crippen LogP contribution in [-0.4, -0.2) is 50.0 Å². The lowest BCUT2D eigenvalue weighted by Crippen LogP contribution is -2.56. The first-order valence-corrected chi connectivity index (χ1v) is 6.91. The Kier molecular flexibility index (Phi) is 3.42. The van der Waals surface area contributed by atoms with Crippen molar-refractivity contribution in [1.29, 1.82) is 0 Å². The zero-order chi connectivity index (χ0) is 13.2. The highest BCUT2D eigenvalue weighted by Crippen LogP contribution is 2.30. The van der Waals surface area contributed by atoms with E-state index >= 15 is 0 Å². The number of carbonyl (C=O) groups excluding carboxylic acids is 1. The van der Waals surface area contributed by atoms with Gasteiger partial charge in [0.15, 0.2) is 0 Å². The maximum absolute atomic E-state index is 11.5. The van der Waals surface area contributed by atoms with E-state index in [1.165, 1.54) is 5.69 Å². The molecule has 2 saturated heterocycles. The molecule has 0 aromatic heterocycles. The number of fused-ring (bicyclic) bond motifs is 1. The van der Waals surface area contributed by atoms with Crippen molar-refractivity contribution in [2.75, 3.05) is 38.2 Å². The van der Waals surface area contributed by atoms with Crippen LogP contribution < -0.4 is 9.64 Å². The van der Waals surface area contributed by atoms with E-state index in [4.69, 9.17) is 4.74 Å². The van der Waals surface area contributed by atoms with Gasteiger partial charge in [0, 0.05) is 32.1 Å². The molecule has 1 aromatic carbocycles. The topological polar surface area (TPSA) is 32.8 Å². The second-order valence-corrected chi connectivity index (χ2v) is 5.32. The van der Waals surface area contributed by atoms with E-state index in [-0.39, 0.29) is 0 Å². The van der Waals surface area contributed by atoms with Crippen molar-refractivity contribution in [3.8, 4) is 5.75 Å². The van der Waals surface area contributed by atoms with E-state index in [0.29, 0.717) is 18.4 Å². The van der Waals surface area contributed by atoms with Gasteiger partial charge >= 0.3 is 0 Å². The number of nitrogens with zero attached hydrogens (tertiary/aromatic N) is 2. The molecule has 0 saturated carbocycles. The van der Waals surface area contributed by atoms with Gasteiger partial charge in [-0.3, -0.25) is 9.69 Å². The number of ether oxygens (including phenoxy) is 1. The lowest BCUT2D eigenvalue weighted by Gasteiger charge is -2.44. The van der Waals surface area contributed by atoms with Gasteiger partial charge in [0.2, 0.25) is 0 Å². The first-order valence-electron chi connectivity index (χ1n) is 6.91. The van der Waals surface area contributed by atoms with Crippen molar-refractivity contribution < 1.29 is 9.53 Å². The Morgan fingerprint density at radius 3 is 2.95 bits per heavy atom. The summed E-state index contributed by atoms with van der Waals surface area (Å²) < 4.78 is 5.44. The largest absolute Gasteiger partial charge is 0.495 e. The Bertz CT molecular complexity index is 475. The zero-order valence-corrected chi connectivity index (χ0v) is 11.3. The summed E-state index contributed by atoms with van der Waals surface area (Å²) in [6.07, 6.45) is 1.73. The number of hydrogen-bond acceptors (Lipinski definition) is 4. The van der Waals surface area contributed by atoms with Gasteiger partial charge in [-0.05, 0) is 18.6 Å². The first-order chi connectivity index (χ1) is 9.28. The number of hydrogen-bond donors (Lipinski definition) is 0. The quantitative estimate of drug-likeness (QED) is 0.807. The summed E-state index contributed by atoms with van der Waals surface area (Å²) in [5.41, 5.74) is 1.17. The summed E-state index contributed by atoms with van der Waals surface area (Å²) in [6, 6.07) is 8.68. The van der Waals surface area contributed by atoms with E-state index < -0.39 is 0 Å². The smallest absolute Gasteiger partial charge is 0.146 e. The number of methoxy groups -OCH3 is 1. The number of ketones is 1. The highest BCUT2D eigenvalue weighted by atomic mass is 16.5. The van der Waals surface area contributed by atoms with Crippen molar-refractivity contribution in [2.24, 2.45) is 0 Å². The van der Waals surface area contributed by atoms with Crippen LogP contribution in [0.4, 0.5) is 5.69 Å². The third-order valence-electron chi connectivity index (χ3n) is 4.17. The van der Waals surface area contributed by atoms with Gasteiger partial charge in [0.1, 0.15) is 11.5 Å². The molecule has 2 fully saturated rings. The fraction of sp³-hybridized carbons (Fsp3) is 0.533. The predicted molar refractivity (Wildman–Crippen MR) is 74.8 cm³/mol. The number of piperidine rings is 1. The molecule has 0 N–H and O–H groups in total. The molecule has 0 radical (unpaired) electrons. The molecule has 1 unspecified atom stereocenters. The third kappa shape index (κ3) is 2.45. The average Bonchev–Trinajstić information content (AvgIpc) is 2.46. The van der Waals surface area contributed by atoms with Crippen LogP contribution in [-0.2, 0) is 4.79 Å². The Balaban J connectivity index is 1.76. The van der Waals surface area contributed by atoms with E-state index in [0.717, 1.165) is 38.2 Å². The highest BCUT2D eigenvalue weighted by molar-refractivity contribution is 5.81. The van der Waals surface area contributed by atoms with Gasteiger partial charge < -0.3 is 9.64 Å². The SMILES string of the molecule is COc1ccccc1N1CCN2CC(=O)CCC2C1. The van der Waals surface area contributed by atoms with Crippen LogP contribution in [0.15, 0.2) is 24.3 Å². The number of rotatable bonds is 2. The van der Waals surface area contributed by atoms with Crippen molar-refractivity contribution >= 4 is 11.5 Å². The number of carbonyl (C=O) groups is 1. The van der Waals surface area contributed by atoms with Gasteiger partial charge in [-0.15, -0.1) is 0 Å². The fourth-order valence-corrected chi connectivity index (χ4v) is 3.12. The van der Waals surface area contributed by atoms with E-state index in [2.05, 4.69) is 21.9 Å². The molecule has 0 bridgehead atoms.